The molecule has 1 aromatic carbocycles. The molecule has 0 fully saturated rings. The van der Waals surface area contributed by atoms with E-state index in [1.165, 1.54) is 10.5 Å². The number of aliphatic hydroxyl groups excluding tert-OH is 1. The van der Waals surface area contributed by atoms with Crippen LogP contribution in [-0.2, 0) is 6.42 Å². The van der Waals surface area contributed by atoms with Crippen molar-refractivity contribution in [1.29, 1.82) is 0 Å². The Hall–Kier alpha value is -1.85. The Balaban J connectivity index is 2.19. The van der Waals surface area contributed by atoms with Gasteiger partial charge >= 0.3 is 6.03 Å². The summed E-state index contributed by atoms with van der Waals surface area (Å²) < 4.78 is 0. The van der Waals surface area contributed by atoms with Crippen molar-refractivity contribution in [3.05, 3.63) is 57.8 Å². The molecule has 2 amide bonds. The van der Waals surface area contributed by atoms with Crippen LogP contribution in [0.4, 0.5) is 4.79 Å². The average molecular weight is 332 g/mol. The third-order valence-corrected chi connectivity index (χ3v) is 4.67. The van der Waals surface area contributed by atoms with Crippen LogP contribution in [0.3, 0.4) is 0 Å². The zero-order valence-electron chi connectivity index (χ0n) is 13.7. The van der Waals surface area contributed by atoms with Crippen LogP contribution in [0.25, 0.3) is 0 Å². The van der Waals surface area contributed by atoms with E-state index in [1.807, 2.05) is 17.5 Å². The predicted molar refractivity (Wildman–Crippen MR) is 94.8 cm³/mol. The molecule has 4 nitrogen and oxygen atoms in total. The number of thiophene rings is 1. The third-order valence-electron chi connectivity index (χ3n) is 3.73. The van der Waals surface area contributed by atoms with E-state index in [-0.39, 0.29) is 18.7 Å². The molecule has 0 aliphatic rings. The molecule has 5 heteroatoms. The van der Waals surface area contributed by atoms with Crippen LogP contribution in [0.1, 0.15) is 35.4 Å². The van der Waals surface area contributed by atoms with E-state index in [2.05, 4.69) is 36.5 Å². The van der Waals surface area contributed by atoms with Gasteiger partial charge in [-0.2, -0.15) is 0 Å². The Labute approximate surface area is 141 Å². The first-order valence-corrected chi connectivity index (χ1v) is 8.78. The van der Waals surface area contributed by atoms with E-state index >= 15 is 0 Å². The van der Waals surface area contributed by atoms with Crippen LogP contribution >= 0.6 is 11.3 Å². The molecule has 0 saturated heterocycles. The highest BCUT2D eigenvalue weighted by atomic mass is 32.1. The highest BCUT2D eigenvalue weighted by Crippen LogP contribution is 2.26. The summed E-state index contributed by atoms with van der Waals surface area (Å²) in [7, 11) is 1.68. The molecular weight excluding hydrogens is 308 g/mol. The lowest BCUT2D eigenvalue weighted by Crippen LogP contribution is -2.40. The van der Waals surface area contributed by atoms with Gasteiger partial charge in [-0.05, 0) is 29.0 Å². The Morgan fingerprint density at radius 2 is 2.04 bits per heavy atom. The Morgan fingerprint density at radius 3 is 2.61 bits per heavy atom. The average Bonchev–Trinajstić information content (AvgIpc) is 3.08. The molecule has 0 aliphatic carbocycles. The minimum Gasteiger partial charge on any atom is -0.395 e. The zero-order chi connectivity index (χ0) is 16.7. The molecule has 0 spiro atoms. The lowest BCUT2D eigenvalue weighted by Gasteiger charge is -2.23. The van der Waals surface area contributed by atoms with Gasteiger partial charge < -0.3 is 15.3 Å². The van der Waals surface area contributed by atoms with Crippen molar-refractivity contribution >= 4 is 17.4 Å². The van der Waals surface area contributed by atoms with Gasteiger partial charge in [0, 0.05) is 18.5 Å². The van der Waals surface area contributed by atoms with Crippen LogP contribution in [-0.4, -0.2) is 36.2 Å². The van der Waals surface area contributed by atoms with E-state index in [0.717, 1.165) is 23.3 Å². The summed E-state index contributed by atoms with van der Waals surface area (Å²) in [5.74, 6) is 0. The van der Waals surface area contributed by atoms with Gasteiger partial charge in [-0.25, -0.2) is 4.79 Å². The van der Waals surface area contributed by atoms with E-state index in [0.29, 0.717) is 6.54 Å². The fourth-order valence-electron chi connectivity index (χ4n) is 2.42. The summed E-state index contributed by atoms with van der Waals surface area (Å²) in [6, 6.07) is 12.1. The molecule has 1 aromatic heterocycles. The normalized spacial score (nSPS) is 12.0. The van der Waals surface area contributed by atoms with Gasteiger partial charge in [-0.15, -0.1) is 11.3 Å². The topological polar surface area (TPSA) is 52.6 Å². The molecule has 2 aromatic rings. The molecule has 1 unspecified atom stereocenters. The van der Waals surface area contributed by atoms with E-state index < -0.39 is 0 Å². The summed E-state index contributed by atoms with van der Waals surface area (Å²) in [6.07, 6.45) is 2.19. The van der Waals surface area contributed by atoms with Gasteiger partial charge in [-0.1, -0.05) is 43.7 Å². The Bertz CT molecular complexity index is 596. The molecule has 124 valence electrons. The number of likely N-dealkylation sites (N-methyl/N-ethyl adjacent to an activating group) is 1. The lowest BCUT2D eigenvalue weighted by atomic mass is 10.0. The van der Waals surface area contributed by atoms with Gasteiger partial charge in [0.05, 0.1) is 12.6 Å². The second-order valence-corrected chi connectivity index (χ2v) is 6.51. The summed E-state index contributed by atoms with van der Waals surface area (Å²) in [6.45, 7) is 2.44. The molecular formula is C18H24N2O2S. The number of nitrogens with zero attached hydrogens (tertiary/aromatic N) is 1. The molecule has 0 aliphatic heterocycles. The second-order valence-electron chi connectivity index (χ2n) is 5.53. The number of carbonyl (C=O) groups is 1. The lowest BCUT2D eigenvalue weighted by molar-refractivity contribution is 0.188. The highest BCUT2D eigenvalue weighted by molar-refractivity contribution is 7.10. The maximum atomic E-state index is 12.3. The summed E-state index contributed by atoms with van der Waals surface area (Å²) >= 11 is 1.62. The summed E-state index contributed by atoms with van der Waals surface area (Å²) in [4.78, 5) is 14.9. The number of rotatable bonds is 7. The molecule has 0 radical (unpaired) electrons. The molecule has 1 heterocycles. The van der Waals surface area contributed by atoms with Crippen molar-refractivity contribution < 1.29 is 9.90 Å². The van der Waals surface area contributed by atoms with Gasteiger partial charge in [0.25, 0.3) is 0 Å². The number of aryl methyl sites for hydroxylation is 1. The molecule has 23 heavy (non-hydrogen) atoms. The van der Waals surface area contributed by atoms with Crippen LogP contribution in [0, 0.1) is 0 Å². The van der Waals surface area contributed by atoms with Crippen molar-refractivity contribution in [3.8, 4) is 0 Å². The van der Waals surface area contributed by atoms with Gasteiger partial charge in [0.1, 0.15) is 0 Å². The molecule has 2 N–H and O–H groups in total. The van der Waals surface area contributed by atoms with Crippen molar-refractivity contribution in [3.63, 3.8) is 0 Å². The van der Waals surface area contributed by atoms with Gasteiger partial charge in [0.2, 0.25) is 0 Å². The number of carbonyl (C=O) groups excluding carboxylic acids is 1. The van der Waals surface area contributed by atoms with Crippen molar-refractivity contribution in [2.75, 3.05) is 20.2 Å². The smallest absolute Gasteiger partial charge is 0.317 e. The molecule has 1 atom stereocenters. The first kappa shape index (κ1) is 17.5. The van der Waals surface area contributed by atoms with E-state index in [1.54, 1.807) is 18.4 Å². The quantitative estimate of drug-likeness (QED) is 0.816. The fraction of sp³-hybridized carbons (Fsp3) is 0.389. The molecule has 2 rings (SSSR count). The highest BCUT2D eigenvalue weighted by Gasteiger charge is 2.19. The minimum atomic E-state index is -0.185. The first-order valence-electron chi connectivity index (χ1n) is 7.90. The monoisotopic (exact) mass is 332 g/mol. The largest absolute Gasteiger partial charge is 0.395 e. The summed E-state index contributed by atoms with van der Waals surface area (Å²) in [5, 5.41) is 14.1. The van der Waals surface area contributed by atoms with Crippen molar-refractivity contribution in [1.82, 2.24) is 10.2 Å². The van der Waals surface area contributed by atoms with E-state index in [4.69, 9.17) is 5.11 Å². The number of benzene rings is 1. The third kappa shape index (κ3) is 4.81. The number of urea groups is 1. The maximum absolute atomic E-state index is 12.3. The molecule has 0 bridgehead atoms. The number of nitrogens with one attached hydrogen (secondary N) is 1. The van der Waals surface area contributed by atoms with Gasteiger partial charge in [0.15, 0.2) is 0 Å². The Kier molecular flexibility index (Phi) is 6.62. The van der Waals surface area contributed by atoms with E-state index in [9.17, 15) is 4.79 Å². The zero-order valence-corrected chi connectivity index (χ0v) is 14.5. The number of hydrogen-bond acceptors (Lipinski definition) is 3. The van der Waals surface area contributed by atoms with Crippen LogP contribution in [0.15, 0.2) is 41.8 Å². The summed E-state index contributed by atoms with van der Waals surface area (Å²) in [5.41, 5.74) is 2.38. The van der Waals surface area contributed by atoms with Crippen molar-refractivity contribution in [2.45, 2.75) is 25.8 Å². The van der Waals surface area contributed by atoms with Crippen molar-refractivity contribution in [2.24, 2.45) is 0 Å². The maximum Gasteiger partial charge on any atom is 0.317 e. The van der Waals surface area contributed by atoms with Gasteiger partial charge in [-0.3, -0.25) is 0 Å². The first-order chi connectivity index (χ1) is 11.2. The second kappa shape index (κ2) is 8.70. The van der Waals surface area contributed by atoms with Crippen LogP contribution < -0.4 is 5.32 Å². The molecule has 0 saturated carbocycles. The Morgan fingerprint density at radius 1 is 1.30 bits per heavy atom. The number of hydrogen-bond donors (Lipinski definition) is 2. The number of aliphatic hydroxyl groups is 1. The predicted octanol–water partition coefficient (Wildman–Crippen LogP) is 3.42. The van der Waals surface area contributed by atoms with Crippen LogP contribution in [0.2, 0.25) is 0 Å². The minimum absolute atomic E-state index is 0.0424. The standard InChI is InChI=1S/C18H24N2O2S/c1-3-5-14-7-9-15(10-8-14)17(16-6-4-13-23-16)19-18(22)20(2)11-12-21/h4,6-10,13,17,21H,3,5,11-12H2,1-2H3,(H,19,22). The van der Waals surface area contributed by atoms with Crippen LogP contribution in [0.5, 0.6) is 0 Å². The number of amides is 2. The fourth-order valence-corrected chi connectivity index (χ4v) is 3.23. The SMILES string of the molecule is CCCc1ccc(C(NC(=O)N(C)CCO)c2cccs2)cc1.